The Bertz CT molecular complexity index is 713. The Kier molecular flexibility index (Phi) is 3.19. The number of carbonyl (C=O) groups is 1. The summed E-state index contributed by atoms with van der Waals surface area (Å²) >= 11 is 0. The Hall–Kier alpha value is -2.31. The molecule has 0 fully saturated rings. The summed E-state index contributed by atoms with van der Waals surface area (Å²) in [6, 6.07) is 7.19. The third-order valence-electron chi connectivity index (χ3n) is 3.52. The minimum atomic E-state index is -0.872. The van der Waals surface area contributed by atoms with E-state index in [1.165, 1.54) is 36.4 Å². The molecule has 0 unspecified atom stereocenters. The highest BCUT2D eigenvalue weighted by atomic mass is 19.1. The first-order valence-electron chi connectivity index (χ1n) is 6.35. The van der Waals surface area contributed by atoms with Crippen molar-refractivity contribution in [2.24, 2.45) is 5.73 Å². The van der Waals surface area contributed by atoms with E-state index < -0.39 is 23.6 Å². The van der Waals surface area contributed by atoms with Crippen LogP contribution in [0.15, 0.2) is 36.4 Å². The smallest absolute Gasteiger partial charge is 0.267 e. The zero-order chi connectivity index (χ0) is 15.1. The first-order chi connectivity index (χ1) is 9.99. The molecule has 1 aliphatic rings. The van der Waals surface area contributed by atoms with Crippen LogP contribution in [-0.2, 0) is 11.2 Å². The van der Waals surface area contributed by atoms with E-state index in [4.69, 9.17) is 5.73 Å². The number of amides is 1. The Morgan fingerprint density at radius 3 is 2.52 bits per heavy atom. The van der Waals surface area contributed by atoms with Crippen LogP contribution >= 0.6 is 0 Å². The molecule has 0 saturated heterocycles. The number of halogens is 2. The van der Waals surface area contributed by atoms with Gasteiger partial charge < -0.3 is 5.73 Å². The molecule has 3 N–H and O–H groups in total. The quantitative estimate of drug-likeness (QED) is 0.792. The lowest BCUT2D eigenvalue weighted by Crippen LogP contribution is -2.47. The van der Waals surface area contributed by atoms with E-state index in [-0.39, 0.29) is 17.7 Å². The fraction of sp³-hybridized carbons (Fsp3) is 0.133. The van der Waals surface area contributed by atoms with E-state index in [9.17, 15) is 18.8 Å². The van der Waals surface area contributed by atoms with E-state index in [2.05, 4.69) is 0 Å². The number of rotatable bonds is 1. The van der Waals surface area contributed by atoms with Crippen molar-refractivity contribution < 1.29 is 18.8 Å². The van der Waals surface area contributed by atoms with Gasteiger partial charge in [-0.2, -0.15) is 5.06 Å². The number of nitrogens with two attached hydrogens (primary N) is 1. The molecule has 0 radical (unpaired) electrons. The van der Waals surface area contributed by atoms with Crippen LogP contribution < -0.4 is 10.8 Å². The highest BCUT2D eigenvalue weighted by Gasteiger charge is 2.30. The highest BCUT2D eigenvalue weighted by molar-refractivity contribution is 5.98. The van der Waals surface area contributed by atoms with Crippen molar-refractivity contribution in [3.8, 4) is 11.1 Å². The average molecular weight is 290 g/mol. The van der Waals surface area contributed by atoms with Gasteiger partial charge in [0.15, 0.2) is 0 Å². The van der Waals surface area contributed by atoms with Crippen molar-refractivity contribution in [1.29, 1.82) is 0 Å². The number of fused-ring (bicyclic) bond motifs is 1. The van der Waals surface area contributed by atoms with E-state index >= 15 is 0 Å². The first kappa shape index (κ1) is 13.7. The summed E-state index contributed by atoms with van der Waals surface area (Å²) in [5, 5.41) is 10.2. The maximum Gasteiger partial charge on any atom is 0.267 e. The molecule has 108 valence electrons. The largest absolute Gasteiger partial charge is 0.320 e. The Morgan fingerprint density at radius 2 is 1.86 bits per heavy atom. The number of nitrogens with zero attached hydrogens (tertiary/aromatic N) is 1. The van der Waals surface area contributed by atoms with Gasteiger partial charge in [-0.1, -0.05) is 12.1 Å². The second-order valence-electron chi connectivity index (χ2n) is 4.90. The molecule has 21 heavy (non-hydrogen) atoms. The zero-order valence-electron chi connectivity index (χ0n) is 10.9. The van der Waals surface area contributed by atoms with E-state index in [1.54, 1.807) is 0 Å². The molecule has 0 aromatic heterocycles. The maximum atomic E-state index is 13.8. The molecule has 2 aromatic carbocycles. The second kappa shape index (κ2) is 4.91. The fourth-order valence-corrected chi connectivity index (χ4v) is 2.48. The van der Waals surface area contributed by atoms with Gasteiger partial charge in [0.25, 0.3) is 5.91 Å². The van der Waals surface area contributed by atoms with Gasteiger partial charge >= 0.3 is 0 Å². The number of benzene rings is 2. The van der Waals surface area contributed by atoms with Crippen molar-refractivity contribution in [1.82, 2.24) is 0 Å². The molecule has 0 saturated carbocycles. The SMILES string of the molecule is N[C@H]1Cc2cc(-c3c(F)cccc3F)ccc2N(O)C1=O. The number of anilines is 1. The van der Waals surface area contributed by atoms with Gasteiger partial charge in [-0.05, 0) is 41.8 Å². The minimum Gasteiger partial charge on any atom is -0.320 e. The van der Waals surface area contributed by atoms with Gasteiger partial charge in [0.2, 0.25) is 0 Å². The van der Waals surface area contributed by atoms with E-state index in [0.717, 1.165) is 0 Å². The summed E-state index contributed by atoms with van der Waals surface area (Å²) < 4.78 is 27.6. The van der Waals surface area contributed by atoms with Gasteiger partial charge in [0, 0.05) is 0 Å². The molecule has 0 spiro atoms. The van der Waals surface area contributed by atoms with Crippen molar-refractivity contribution in [2.75, 3.05) is 5.06 Å². The first-order valence-corrected chi connectivity index (χ1v) is 6.35. The minimum absolute atomic E-state index is 0.143. The zero-order valence-corrected chi connectivity index (χ0v) is 10.9. The normalized spacial score (nSPS) is 17.8. The molecular weight excluding hydrogens is 278 g/mol. The fourth-order valence-electron chi connectivity index (χ4n) is 2.48. The van der Waals surface area contributed by atoms with Crippen molar-refractivity contribution in [3.05, 3.63) is 53.6 Å². The molecule has 1 heterocycles. The Labute approximate surface area is 119 Å². The lowest BCUT2D eigenvalue weighted by molar-refractivity contribution is -0.125. The Balaban J connectivity index is 2.13. The Morgan fingerprint density at radius 1 is 1.19 bits per heavy atom. The van der Waals surface area contributed by atoms with Crippen LogP contribution in [0.4, 0.5) is 14.5 Å². The average Bonchev–Trinajstić information content (AvgIpc) is 2.44. The summed E-state index contributed by atoms with van der Waals surface area (Å²) in [5.41, 5.74) is 6.66. The van der Waals surface area contributed by atoms with Crippen LogP contribution in [-0.4, -0.2) is 17.2 Å². The van der Waals surface area contributed by atoms with Crippen LogP contribution in [0.5, 0.6) is 0 Å². The van der Waals surface area contributed by atoms with Crippen LogP contribution in [0, 0.1) is 11.6 Å². The van der Waals surface area contributed by atoms with Crippen molar-refractivity contribution in [2.45, 2.75) is 12.5 Å². The molecule has 1 aliphatic heterocycles. The lowest BCUT2D eigenvalue weighted by atomic mass is 9.94. The van der Waals surface area contributed by atoms with Crippen molar-refractivity contribution in [3.63, 3.8) is 0 Å². The summed E-state index contributed by atoms with van der Waals surface area (Å²) in [4.78, 5) is 11.6. The second-order valence-corrected chi connectivity index (χ2v) is 4.90. The number of hydrogen-bond donors (Lipinski definition) is 2. The predicted molar refractivity (Wildman–Crippen MR) is 72.7 cm³/mol. The highest BCUT2D eigenvalue weighted by Crippen LogP contribution is 2.33. The molecule has 0 bridgehead atoms. The number of hydrogen-bond acceptors (Lipinski definition) is 3. The lowest BCUT2D eigenvalue weighted by Gasteiger charge is -2.28. The van der Waals surface area contributed by atoms with Crippen molar-refractivity contribution >= 4 is 11.6 Å². The molecule has 1 atom stereocenters. The van der Waals surface area contributed by atoms with Gasteiger partial charge in [0.1, 0.15) is 11.6 Å². The van der Waals surface area contributed by atoms with E-state index in [1.807, 2.05) is 0 Å². The third-order valence-corrected chi connectivity index (χ3v) is 3.52. The molecule has 1 amide bonds. The molecule has 3 rings (SSSR count). The number of carbonyl (C=O) groups excluding carboxylic acids is 1. The van der Waals surface area contributed by atoms with Crippen LogP contribution in [0.3, 0.4) is 0 Å². The van der Waals surface area contributed by atoms with Gasteiger partial charge in [-0.15, -0.1) is 0 Å². The predicted octanol–water partition coefficient (Wildman–Crippen LogP) is 2.24. The molecule has 2 aromatic rings. The summed E-state index contributed by atoms with van der Waals surface area (Å²) in [5.74, 6) is -1.95. The summed E-state index contributed by atoms with van der Waals surface area (Å²) in [6.45, 7) is 0. The van der Waals surface area contributed by atoms with Crippen LogP contribution in [0.1, 0.15) is 5.56 Å². The van der Waals surface area contributed by atoms with Gasteiger partial charge in [-0.25, -0.2) is 8.78 Å². The van der Waals surface area contributed by atoms with Gasteiger partial charge in [0.05, 0.1) is 17.3 Å². The van der Waals surface area contributed by atoms with Crippen LogP contribution in [0.2, 0.25) is 0 Å². The summed E-state index contributed by atoms with van der Waals surface area (Å²) in [7, 11) is 0. The third kappa shape index (κ3) is 2.18. The monoisotopic (exact) mass is 290 g/mol. The molecular formula is C15H12F2N2O2. The standard InChI is InChI=1S/C15H12F2N2O2/c16-10-2-1-3-11(17)14(10)8-4-5-13-9(6-8)7-12(18)15(20)19(13)21/h1-6,12,21H,7,18H2/t12-/m0/s1. The summed E-state index contributed by atoms with van der Waals surface area (Å²) in [6.07, 6.45) is 0.204. The topological polar surface area (TPSA) is 66.6 Å². The maximum absolute atomic E-state index is 13.8. The number of hydroxylamine groups is 1. The van der Waals surface area contributed by atoms with Gasteiger partial charge in [-0.3, -0.25) is 10.0 Å². The van der Waals surface area contributed by atoms with E-state index in [0.29, 0.717) is 16.2 Å². The molecule has 6 heteroatoms. The molecule has 4 nitrogen and oxygen atoms in total. The molecule has 0 aliphatic carbocycles. The van der Waals surface area contributed by atoms with Crippen LogP contribution in [0.25, 0.3) is 11.1 Å².